The summed E-state index contributed by atoms with van der Waals surface area (Å²) in [6.07, 6.45) is 0. The fourth-order valence-corrected chi connectivity index (χ4v) is 2.27. The molecule has 0 atom stereocenters. The van der Waals surface area contributed by atoms with Gasteiger partial charge in [0.05, 0.1) is 28.7 Å². The van der Waals surface area contributed by atoms with Crippen molar-refractivity contribution in [2.75, 3.05) is 6.61 Å². The van der Waals surface area contributed by atoms with Crippen molar-refractivity contribution in [1.82, 2.24) is 9.55 Å². The second kappa shape index (κ2) is 5.13. The van der Waals surface area contributed by atoms with E-state index in [1.54, 1.807) is 10.6 Å². The van der Waals surface area contributed by atoms with E-state index in [0.29, 0.717) is 24.2 Å². The molecule has 0 amide bonds. The van der Waals surface area contributed by atoms with Gasteiger partial charge in [-0.2, -0.15) is 0 Å². The zero-order valence-electron chi connectivity index (χ0n) is 11.8. The molecule has 0 aliphatic rings. The molecule has 0 bridgehead atoms. The third kappa shape index (κ3) is 2.75. The van der Waals surface area contributed by atoms with Crippen LogP contribution in [0.15, 0.2) is 23.0 Å². The van der Waals surface area contributed by atoms with Crippen LogP contribution in [0.5, 0.6) is 0 Å². The van der Waals surface area contributed by atoms with Gasteiger partial charge in [0.1, 0.15) is 0 Å². The zero-order valence-corrected chi connectivity index (χ0v) is 11.8. The maximum Gasteiger partial charge on any atom is 0.335 e. The van der Waals surface area contributed by atoms with E-state index >= 15 is 0 Å². The van der Waals surface area contributed by atoms with Gasteiger partial charge >= 0.3 is 11.7 Å². The van der Waals surface area contributed by atoms with Crippen molar-refractivity contribution in [2.45, 2.75) is 32.9 Å². The standard InChI is InChI=1S/C14H18N2O4/c1-4-20-14(2,3)8-16-11-6-5-9(12(17)18)7-10(11)15-13(16)19/h5-7H,4,8H2,1-3H3,(H,15,19)(H,17,18). The van der Waals surface area contributed by atoms with Crippen LogP contribution in [0.25, 0.3) is 11.0 Å². The summed E-state index contributed by atoms with van der Waals surface area (Å²) in [6, 6.07) is 4.59. The lowest BCUT2D eigenvalue weighted by atomic mass is 10.1. The third-order valence-electron chi connectivity index (χ3n) is 3.10. The lowest BCUT2D eigenvalue weighted by Gasteiger charge is -2.24. The summed E-state index contributed by atoms with van der Waals surface area (Å²) in [4.78, 5) is 25.6. The van der Waals surface area contributed by atoms with Gasteiger partial charge in [0.15, 0.2) is 0 Å². The highest BCUT2D eigenvalue weighted by Crippen LogP contribution is 2.17. The van der Waals surface area contributed by atoms with Crippen molar-refractivity contribution in [1.29, 1.82) is 0 Å². The molecule has 0 aliphatic carbocycles. The molecule has 0 saturated heterocycles. The lowest BCUT2D eigenvalue weighted by Crippen LogP contribution is -2.34. The smallest absolute Gasteiger partial charge is 0.335 e. The second-order valence-electron chi connectivity index (χ2n) is 5.25. The number of ether oxygens (including phenoxy) is 1. The Hall–Kier alpha value is -2.08. The van der Waals surface area contributed by atoms with E-state index in [0.717, 1.165) is 0 Å². The summed E-state index contributed by atoms with van der Waals surface area (Å²) in [5, 5.41) is 8.96. The second-order valence-corrected chi connectivity index (χ2v) is 5.25. The van der Waals surface area contributed by atoms with Gasteiger partial charge in [0, 0.05) is 6.61 Å². The van der Waals surface area contributed by atoms with Crippen LogP contribution in [0, 0.1) is 0 Å². The number of nitrogens with zero attached hydrogens (tertiary/aromatic N) is 1. The largest absolute Gasteiger partial charge is 0.478 e. The molecule has 2 N–H and O–H groups in total. The predicted octanol–water partition coefficient (Wildman–Crippen LogP) is 1.84. The quantitative estimate of drug-likeness (QED) is 0.874. The molecule has 1 heterocycles. The first-order valence-corrected chi connectivity index (χ1v) is 6.44. The van der Waals surface area contributed by atoms with Gasteiger partial charge < -0.3 is 14.8 Å². The van der Waals surface area contributed by atoms with Crippen LogP contribution in [0.1, 0.15) is 31.1 Å². The van der Waals surface area contributed by atoms with Crippen molar-refractivity contribution >= 4 is 17.0 Å². The van der Waals surface area contributed by atoms with Crippen LogP contribution in [0.4, 0.5) is 0 Å². The number of carboxylic acid groups (broad SMARTS) is 1. The predicted molar refractivity (Wildman–Crippen MR) is 75.2 cm³/mol. The summed E-state index contributed by atoms with van der Waals surface area (Å²) in [5.74, 6) is -1.02. The molecule has 0 saturated carbocycles. The number of rotatable bonds is 5. The molecule has 20 heavy (non-hydrogen) atoms. The minimum absolute atomic E-state index is 0.148. The Morgan fingerprint density at radius 2 is 2.15 bits per heavy atom. The number of aromatic amines is 1. The third-order valence-corrected chi connectivity index (χ3v) is 3.10. The number of nitrogens with one attached hydrogen (secondary N) is 1. The van der Waals surface area contributed by atoms with Crippen LogP contribution < -0.4 is 5.69 Å². The van der Waals surface area contributed by atoms with E-state index in [2.05, 4.69) is 4.98 Å². The first-order chi connectivity index (χ1) is 9.34. The summed E-state index contributed by atoms with van der Waals surface area (Å²) in [5.41, 5.74) is 0.597. The Morgan fingerprint density at radius 3 is 2.75 bits per heavy atom. The summed E-state index contributed by atoms with van der Waals surface area (Å²) < 4.78 is 7.17. The summed E-state index contributed by atoms with van der Waals surface area (Å²) in [6.45, 7) is 6.68. The Kier molecular flexibility index (Phi) is 3.67. The van der Waals surface area contributed by atoms with E-state index in [9.17, 15) is 9.59 Å². The highest BCUT2D eigenvalue weighted by Gasteiger charge is 2.21. The highest BCUT2D eigenvalue weighted by atomic mass is 16.5. The van der Waals surface area contributed by atoms with Gasteiger partial charge in [0.2, 0.25) is 0 Å². The van der Waals surface area contributed by atoms with Crippen LogP contribution in [0.2, 0.25) is 0 Å². The molecule has 0 radical (unpaired) electrons. The summed E-state index contributed by atoms with van der Waals surface area (Å²) >= 11 is 0. The van der Waals surface area contributed by atoms with E-state index in [4.69, 9.17) is 9.84 Å². The molecule has 0 spiro atoms. The van der Waals surface area contributed by atoms with Crippen molar-refractivity contribution in [3.63, 3.8) is 0 Å². The van der Waals surface area contributed by atoms with Gasteiger partial charge in [-0.3, -0.25) is 4.57 Å². The van der Waals surface area contributed by atoms with Crippen LogP contribution in [0.3, 0.4) is 0 Å². The van der Waals surface area contributed by atoms with E-state index in [1.165, 1.54) is 12.1 Å². The van der Waals surface area contributed by atoms with Crippen molar-refractivity contribution in [2.24, 2.45) is 0 Å². The molecule has 0 fully saturated rings. The highest BCUT2D eigenvalue weighted by molar-refractivity contribution is 5.92. The number of H-pyrrole nitrogens is 1. The number of fused-ring (bicyclic) bond motifs is 1. The minimum atomic E-state index is -1.02. The number of benzene rings is 1. The number of aromatic nitrogens is 2. The normalized spacial score (nSPS) is 11.9. The Morgan fingerprint density at radius 1 is 1.45 bits per heavy atom. The van der Waals surface area contributed by atoms with E-state index < -0.39 is 11.6 Å². The first kappa shape index (κ1) is 14.3. The molecule has 2 aromatic rings. The molecule has 0 unspecified atom stereocenters. The molecule has 1 aromatic heterocycles. The number of carboxylic acids is 1. The van der Waals surface area contributed by atoms with Crippen LogP contribution >= 0.6 is 0 Å². The SMILES string of the molecule is CCOC(C)(C)Cn1c(=O)[nH]c2cc(C(=O)O)ccc21. The van der Waals surface area contributed by atoms with E-state index in [1.807, 2.05) is 20.8 Å². The molecule has 2 rings (SSSR count). The van der Waals surface area contributed by atoms with Gasteiger partial charge in [0.25, 0.3) is 0 Å². The van der Waals surface area contributed by atoms with Crippen molar-refractivity contribution in [3.05, 3.63) is 34.2 Å². The number of aromatic carboxylic acids is 1. The maximum atomic E-state index is 12.0. The molecular weight excluding hydrogens is 260 g/mol. The first-order valence-electron chi connectivity index (χ1n) is 6.44. The number of imidazole rings is 1. The monoisotopic (exact) mass is 278 g/mol. The maximum absolute atomic E-state index is 12.0. The average molecular weight is 278 g/mol. The fourth-order valence-electron chi connectivity index (χ4n) is 2.27. The van der Waals surface area contributed by atoms with Gasteiger partial charge in [-0.25, -0.2) is 9.59 Å². The lowest BCUT2D eigenvalue weighted by molar-refractivity contribution is -0.0222. The molecule has 1 aromatic carbocycles. The van der Waals surface area contributed by atoms with Gasteiger partial charge in [-0.15, -0.1) is 0 Å². The Balaban J connectivity index is 2.47. The van der Waals surface area contributed by atoms with Crippen LogP contribution in [-0.4, -0.2) is 32.8 Å². The van der Waals surface area contributed by atoms with Crippen molar-refractivity contribution in [3.8, 4) is 0 Å². The van der Waals surface area contributed by atoms with Crippen LogP contribution in [-0.2, 0) is 11.3 Å². The molecule has 6 nitrogen and oxygen atoms in total. The van der Waals surface area contributed by atoms with Crippen molar-refractivity contribution < 1.29 is 14.6 Å². The topological polar surface area (TPSA) is 84.3 Å². The molecule has 6 heteroatoms. The number of hydrogen-bond donors (Lipinski definition) is 2. The summed E-state index contributed by atoms with van der Waals surface area (Å²) in [7, 11) is 0. The fraction of sp³-hybridized carbons (Fsp3) is 0.429. The molecule has 108 valence electrons. The van der Waals surface area contributed by atoms with E-state index in [-0.39, 0.29) is 11.3 Å². The number of hydrogen-bond acceptors (Lipinski definition) is 3. The minimum Gasteiger partial charge on any atom is -0.478 e. The average Bonchev–Trinajstić information content (AvgIpc) is 2.64. The number of carbonyl (C=O) groups is 1. The Labute approximate surface area is 116 Å². The zero-order chi connectivity index (χ0) is 14.9. The molecule has 0 aliphatic heterocycles. The van der Waals surface area contributed by atoms with Gasteiger partial charge in [-0.1, -0.05) is 0 Å². The molecular formula is C14H18N2O4. The van der Waals surface area contributed by atoms with Gasteiger partial charge in [-0.05, 0) is 39.0 Å². The Bertz CT molecular complexity index is 697.